The Labute approximate surface area is 329 Å². The van der Waals surface area contributed by atoms with Gasteiger partial charge < -0.3 is 45.1 Å². The van der Waals surface area contributed by atoms with E-state index in [0.29, 0.717) is 30.0 Å². The Morgan fingerprint density at radius 1 is 0.825 bits per heavy atom. The number of carbonyl (C=O) groups is 1. The smallest absolute Gasteiger partial charge is 0.330 e. The van der Waals surface area contributed by atoms with Crippen molar-refractivity contribution in [1.82, 2.24) is 24.5 Å². The van der Waals surface area contributed by atoms with E-state index in [2.05, 4.69) is 15.3 Å². The van der Waals surface area contributed by atoms with Crippen molar-refractivity contribution in [2.45, 2.75) is 120 Å². The number of ketones is 1. The third-order valence-electron chi connectivity index (χ3n) is 10.3. The van der Waals surface area contributed by atoms with Gasteiger partial charge in [-0.15, -0.1) is 5.10 Å². The number of carbonyl (C=O) groups excluding carboxylic acids is 1. The molecule has 7 N–H and O–H groups in total. The van der Waals surface area contributed by atoms with Crippen LogP contribution in [0, 0.1) is 0 Å². The van der Waals surface area contributed by atoms with Crippen molar-refractivity contribution in [3.63, 3.8) is 0 Å². The number of aromatic nitrogens is 5. The number of H-pyrrole nitrogens is 1. The number of nitrogens with zero attached hydrogens (tertiary/aromatic N) is 4. The second-order valence-corrected chi connectivity index (χ2v) is 14.5. The molecule has 17 heteroatoms. The largest absolute Gasteiger partial charge is 0.494 e. The maximum atomic E-state index is 12.6. The highest BCUT2D eigenvalue weighted by Crippen LogP contribution is 2.34. The van der Waals surface area contributed by atoms with Crippen LogP contribution in [-0.4, -0.2) is 113 Å². The van der Waals surface area contributed by atoms with Gasteiger partial charge in [-0.25, -0.2) is 4.79 Å². The molecule has 2 fully saturated rings. The van der Waals surface area contributed by atoms with Gasteiger partial charge in [0.25, 0.3) is 5.56 Å². The molecule has 0 aliphatic carbocycles. The first-order valence-electron chi connectivity index (χ1n) is 19.5. The molecule has 2 aromatic heterocycles. The van der Waals surface area contributed by atoms with Crippen LogP contribution in [0.4, 0.5) is 0 Å². The molecule has 0 saturated carbocycles. The number of nitrogens with two attached hydrogens (primary N) is 1. The maximum Gasteiger partial charge on any atom is 0.330 e. The molecule has 0 amide bonds. The van der Waals surface area contributed by atoms with Crippen LogP contribution in [0.3, 0.4) is 0 Å². The normalized spacial score (nSPS) is 25.1. The molecule has 0 unspecified atom stereocenters. The Hall–Kier alpha value is -4.59. The van der Waals surface area contributed by atoms with Crippen molar-refractivity contribution in [3.05, 3.63) is 111 Å². The van der Waals surface area contributed by atoms with Crippen molar-refractivity contribution in [1.29, 1.82) is 0 Å². The Bertz CT molecular complexity index is 1970. The molecule has 2 saturated heterocycles. The van der Waals surface area contributed by atoms with Crippen molar-refractivity contribution in [3.8, 4) is 5.75 Å². The number of nitrogens with one attached hydrogen (secondary N) is 1. The molecule has 17 nitrogen and oxygen atoms in total. The highest BCUT2D eigenvalue weighted by molar-refractivity contribution is 6.08. The van der Waals surface area contributed by atoms with Gasteiger partial charge in [0.15, 0.2) is 18.3 Å². The molecule has 0 radical (unpaired) electrons. The minimum absolute atomic E-state index is 0.00470. The number of aryl methyl sites for hydroxylation is 1. The molecular weight excluding hydrogens is 740 g/mol. The monoisotopic (exact) mass is 792 g/mol. The average Bonchev–Trinajstić information content (AvgIpc) is 3.88. The van der Waals surface area contributed by atoms with E-state index in [1.165, 1.54) is 0 Å². The van der Waals surface area contributed by atoms with Crippen LogP contribution >= 0.6 is 0 Å². The first-order valence-corrected chi connectivity index (χ1v) is 19.5. The molecule has 9 atom stereocenters. The first kappa shape index (κ1) is 42.0. The summed E-state index contributed by atoms with van der Waals surface area (Å²) >= 11 is 0. The minimum atomic E-state index is -1.58. The SMILES string of the molecule is NC[C@H]1O[C@@H](O[C@@H](Cc2cn(CCCCCCCCCCOc3ccc(C(=O)c4ccccc4)cc3)nn2)[C@H]2O[C@@H](n3ccc(=O)[nH]c3=O)[C@H](O)[C@@H]2O)[C@H](O)[C@@H]1O. The van der Waals surface area contributed by atoms with Gasteiger partial charge in [0.2, 0.25) is 0 Å². The van der Waals surface area contributed by atoms with Crippen LogP contribution in [-0.2, 0) is 27.2 Å². The molecule has 4 heterocycles. The fourth-order valence-corrected chi connectivity index (χ4v) is 7.12. The van der Waals surface area contributed by atoms with E-state index in [9.17, 15) is 34.8 Å². The minimum Gasteiger partial charge on any atom is -0.494 e. The number of benzene rings is 2. The zero-order valence-corrected chi connectivity index (χ0v) is 31.6. The summed E-state index contributed by atoms with van der Waals surface area (Å²) in [7, 11) is 0. The number of aliphatic hydroxyl groups is 4. The van der Waals surface area contributed by atoms with E-state index in [1.807, 2.05) is 42.5 Å². The van der Waals surface area contributed by atoms with Crippen LogP contribution in [0.25, 0.3) is 0 Å². The number of aliphatic hydroxyl groups excluding tert-OH is 4. The summed E-state index contributed by atoms with van der Waals surface area (Å²) in [5.74, 6) is 0.747. The second-order valence-electron chi connectivity index (χ2n) is 14.5. The van der Waals surface area contributed by atoms with Crippen molar-refractivity contribution < 1.29 is 44.2 Å². The van der Waals surface area contributed by atoms with Crippen molar-refractivity contribution >= 4 is 5.78 Å². The number of rotatable bonds is 21. The van der Waals surface area contributed by atoms with Crippen molar-refractivity contribution in [2.24, 2.45) is 5.73 Å². The van der Waals surface area contributed by atoms with E-state index < -0.39 is 66.5 Å². The number of unbranched alkanes of at least 4 members (excludes halogenated alkanes) is 7. The molecule has 2 aromatic carbocycles. The first-order chi connectivity index (χ1) is 27.6. The van der Waals surface area contributed by atoms with Gasteiger partial charge in [-0.1, -0.05) is 74.1 Å². The Balaban J connectivity index is 0.909. The maximum absolute atomic E-state index is 12.6. The van der Waals surface area contributed by atoms with Crippen LogP contribution in [0.5, 0.6) is 5.75 Å². The van der Waals surface area contributed by atoms with E-state index in [1.54, 1.807) is 23.0 Å². The molecule has 0 bridgehead atoms. The average molecular weight is 793 g/mol. The Morgan fingerprint density at radius 3 is 2.19 bits per heavy atom. The topological polar surface area (TPSA) is 246 Å². The molecule has 4 aromatic rings. The van der Waals surface area contributed by atoms with Crippen molar-refractivity contribution in [2.75, 3.05) is 13.2 Å². The van der Waals surface area contributed by atoms with Crippen LogP contribution in [0.2, 0.25) is 0 Å². The quantitative estimate of drug-likeness (QED) is 0.0513. The van der Waals surface area contributed by atoms with Gasteiger partial charge in [-0.05, 0) is 37.1 Å². The van der Waals surface area contributed by atoms with Gasteiger partial charge in [-0.2, -0.15) is 0 Å². The molecule has 0 spiro atoms. The molecular formula is C40H52N6O11. The van der Waals surface area contributed by atoms with Gasteiger partial charge in [-0.3, -0.25) is 23.8 Å². The highest BCUT2D eigenvalue weighted by atomic mass is 16.7. The van der Waals surface area contributed by atoms with E-state index in [4.69, 9.17) is 24.7 Å². The summed E-state index contributed by atoms with van der Waals surface area (Å²) in [4.78, 5) is 38.7. The second kappa shape index (κ2) is 20.2. The van der Waals surface area contributed by atoms with E-state index >= 15 is 0 Å². The van der Waals surface area contributed by atoms with Crippen LogP contribution in [0.1, 0.15) is 79.2 Å². The summed E-state index contributed by atoms with van der Waals surface area (Å²) in [5.41, 5.74) is 5.95. The molecule has 2 aliphatic rings. The number of hydrogen-bond donors (Lipinski definition) is 6. The zero-order chi connectivity index (χ0) is 40.3. The highest BCUT2D eigenvalue weighted by Gasteiger charge is 2.51. The lowest BCUT2D eigenvalue weighted by Crippen LogP contribution is -2.45. The van der Waals surface area contributed by atoms with Gasteiger partial charge in [0.1, 0.15) is 42.4 Å². The number of ether oxygens (including phenoxy) is 4. The summed E-state index contributed by atoms with van der Waals surface area (Å²) in [6.07, 6.45) is -0.570. The van der Waals surface area contributed by atoms with Crippen LogP contribution < -0.4 is 21.7 Å². The Kier molecular flexibility index (Phi) is 14.9. The summed E-state index contributed by atoms with van der Waals surface area (Å²) < 4.78 is 26.2. The zero-order valence-electron chi connectivity index (χ0n) is 31.6. The summed E-state index contributed by atoms with van der Waals surface area (Å²) in [6.45, 7) is 1.18. The number of aromatic amines is 1. The van der Waals surface area contributed by atoms with Gasteiger partial charge in [0, 0.05) is 49.1 Å². The molecule has 6 rings (SSSR count). The standard InChI is InChI=1S/C40H52N6O11/c41-23-30-33(49)36(52)39(56-30)55-29(37-34(50)35(51)38(57-37)46-20-18-31(47)42-40(46)53)22-27-24-45(44-43-27)19-10-5-3-1-2-4-6-11-21-54-28-16-14-26(15-17-28)32(48)25-12-8-7-9-13-25/h7-9,12-18,20,24,29-30,33-39,49-52H,1-6,10-11,19,21-23,41H2,(H,42,47,53)/t29-,30+,33+,34-,35+,36+,37+,38+,39+/m0/s1. The van der Waals surface area contributed by atoms with Gasteiger partial charge >= 0.3 is 5.69 Å². The van der Waals surface area contributed by atoms with E-state index in [-0.39, 0.29) is 18.7 Å². The number of hydrogen-bond acceptors (Lipinski definition) is 14. The van der Waals surface area contributed by atoms with E-state index in [0.717, 1.165) is 73.9 Å². The third-order valence-corrected chi connectivity index (χ3v) is 10.3. The molecule has 308 valence electrons. The summed E-state index contributed by atoms with van der Waals surface area (Å²) in [5, 5.41) is 51.4. The predicted molar refractivity (Wildman–Crippen MR) is 204 cm³/mol. The lowest BCUT2D eigenvalue weighted by Gasteiger charge is -2.29. The fourth-order valence-electron chi connectivity index (χ4n) is 7.12. The molecule has 57 heavy (non-hydrogen) atoms. The predicted octanol–water partition coefficient (Wildman–Crippen LogP) is 1.21. The summed E-state index contributed by atoms with van der Waals surface area (Å²) in [6, 6.07) is 17.6. The molecule has 2 aliphatic heterocycles. The van der Waals surface area contributed by atoms with Crippen LogP contribution in [0.15, 0.2) is 82.6 Å². The third kappa shape index (κ3) is 10.9. The fraction of sp³-hybridized carbons (Fsp3) is 0.525. The lowest BCUT2D eigenvalue weighted by molar-refractivity contribution is -0.220. The lowest BCUT2D eigenvalue weighted by atomic mass is 10.0. The van der Waals surface area contributed by atoms with Gasteiger partial charge in [0.05, 0.1) is 18.4 Å². The Morgan fingerprint density at radius 2 is 1.51 bits per heavy atom.